The van der Waals surface area contributed by atoms with Crippen LogP contribution in [0.15, 0.2) is 66.7 Å². The summed E-state index contributed by atoms with van der Waals surface area (Å²) in [5.74, 6) is 1.21. The van der Waals surface area contributed by atoms with Crippen LogP contribution >= 0.6 is 0 Å². The van der Waals surface area contributed by atoms with E-state index in [2.05, 4.69) is 0 Å². The summed E-state index contributed by atoms with van der Waals surface area (Å²) in [4.78, 5) is 1.80. The van der Waals surface area contributed by atoms with Gasteiger partial charge in [-0.15, -0.1) is 0 Å². The van der Waals surface area contributed by atoms with E-state index in [0.717, 1.165) is 16.7 Å². The van der Waals surface area contributed by atoms with Gasteiger partial charge in [0.2, 0.25) is 0 Å². The van der Waals surface area contributed by atoms with Crippen LogP contribution in [0.1, 0.15) is 30.5 Å². The number of aromatic hydroxyl groups is 1. The monoisotopic (exact) mass is 591 g/mol. The van der Waals surface area contributed by atoms with Gasteiger partial charge in [-0.05, 0) is 59.5 Å². The number of phenols is 1. The number of rotatable bonds is 15. The van der Waals surface area contributed by atoms with E-state index in [9.17, 15) is 21.9 Å². The molecule has 0 spiro atoms. The first-order valence-corrected chi connectivity index (χ1v) is 15.7. The lowest BCUT2D eigenvalue weighted by molar-refractivity contribution is 0.307. The second-order valence-electron chi connectivity index (χ2n) is 9.88. The molecule has 3 aromatic carbocycles. The quantitative estimate of drug-likeness (QED) is 0.202. The van der Waals surface area contributed by atoms with Gasteiger partial charge in [0.15, 0.2) is 11.5 Å². The van der Waals surface area contributed by atoms with Gasteiger partial charge >= 0.3 is 10.1 Å². The molecule has 40 heavy (non-hydrogen) atoms. The first-order chi connectivity index (χ1) is 18.9. The summed E-state index contributed by atoms with van der Waals surface area (Å²) in [6.07, 6.45) is 0.565. The van der Waals surface area contributed by atoms with Crippen LogP contribution in [-0.2, 0) is 32.7 Å². The van der Waals surface area contributed by atoms with Gasteiger partial charge in [0.1, 0.15) is 22.2 Å². The molecule has 9 nitrogen and oxygen atoms in total. The SMILES string of the molecule is COc1ccc(CCN(CC[SH](=O)=O)CCS(=O)(=O)Oc2ccc(C(C)(C)c3ccc(O)cc3)cc2)cc1OC. The predicted molar refractivity (Wildman–Crippen MR) is 156 cm³/mol. The second kappa shape index (κ2) is 13.9. The number of nitrogens with zero attached hydrogens (tertiary/aromatic N) is 1. The lowest BCUT2D eigenvalue weighted by Gasteiger charge is -2.26. The van der Waals surface area contributed by atoms with Crippen LogP contribution in [0.2, 0.25) is 0 Å². The number of thiol groups is 1. The largest absolute Gasteiger partial charge is 0.508 e. The van der Waals surface area contributed by atoms with Crippen LogP contribution < -0.4 is 13.7 Å². The van der Waals surface area contributed by atoms with Crippen LogP contribution in [-0.4, -0.2) is 72.2 Å². The zero-order valence-electron chi connectivity index (χ0n) is 23.2. The maximum Gasteiger partial charge on any atom is 0.310 e. The van der Waals surface area contributed by atoms with E-state index in [0.29, 0.717) is 24.5 Å². The van der Waals surface area contributed by atoms with Crippen LogP contribution in [0, 0.1) is 0 Å². The summed E-state index contributed by atoms with van der Waals surface area (Å²) in [6.45, 7) is 4.86. The molecule has 0 bridgehead atoms. The van der Waals surface area contributed by atoms with Crippen molar-refractivity contribution in [3.8, 4) is 23.0 Å². The van der Waals surface area contributed by atoms with Crippen molar-refractivity contribution in [2.45, 2.75) is 25.7 Å². The Balaban J connectivity index is 1.63. The van der Waals surface area contributed by atoms with E-state index in [1.54, 1.807) is 49.5 Å². The first kappa shape index (κ1) is 31.3. The summed E-state index contributed by atoms with van der Waals surface area (Å²) >= 11 is 0. The Kier molecular flexibility index (Phi) is 10.8. The molecule has 0 unspecified atom stereocenters. The van der Waals surface area contributed by atoms with E-state index >= 15 is 0 Å². The molecule has 0 amide bonds. The van der Waals surface area contributed by atoms with Crippen molar-refractivity contribution < 1.29 is 35.6 Å². The van der Waals surface area contributed by atoms with Gasteiger partial charge in [-0.1, -0.05) is 44.2 Å². The van der Waals surface area contributed by atoms with Crippen molar-refractivity contribution in [2.24, 2.45) is 0 Å². The summed E-state index contributed by atoms with van der Waals surface area (Å²) in [7, 11) is -3.42. The molecule has 0 aromatic heterocycles. The molecule has 3 aromatic rings. The molecule has 0 radical (unpaired) electrons. The van der Waals surface area contributed by atoms with E-state index in [1.165, 1.54) is 0 Å². The number of benzene rings is 3. The molecule has 0 fully saturated rings. The highest BCUT2D eigenvalue weighted by Gasteiger charge is 2.24. The van der Waals surface area contributed by atoms with Crippen molar-refractivity contribution in [2.75, 3.05) is 45.4 Å². The molecule has 0 atom stereocenters. The van der Waals surface area contributed by atoms with Gasteiger partial charge in [-0.25, -0.2) is 8.42 Å². The third-order valence-electron chi connectivity index (χ3n) is 6.81. The summed E-state index contributed by atoms with van der Waals surface area (Å²) in [6, 6.07) is 19.4. The van der Waals surface area contributed by atoms with Crippen molar-refractivity contribution in [3.63, 3.8) is 0 Å². The fourth-order valence-corrected chi connectivity index (χ4v) is 5.70. The first-order valence-electron chi connectivity index (χ1n) is 12.8. The molecule has 0 aliphatic heterocycles. The summed E-state index contributed by atoms with van der Waals surface area (Å²) < 4.78 is 63.9. The molecular formula is C29H37NO8S2. The minimum Gasteiger partial charge on any atom is -0.508 e. The number of phenolic OH excluding ortho intramolecular Hbond substituents is 1. The lowest BCUT2D eigenvalue weighted by atomic mass is 9.78. The highest BCUT2D eigenvalue weighted by molar-refractivity contribution is 7.87. The molecule has 0 aliphatic rings. The number of hydrogen-bond donors (Lipinski definition) is 2. The third-order valence-corrected chi connectivity index (χ3v) is 8.50. The minimum absolute atomic E-state index is 0.0690. The van der Waals surface area contributed by atoms with Crippen LogP contribution in [0.4, 0.5) is 0 Å². The fraction of sp³-hybridized carbons (Fsp3) is 0.379. The molecule has 0 saturated carbocycles. The Hall–Kier alpha value is -3.28. The molecule has 218 valence electrons. The maximum absolute atomic E-state index is 12.8. The van der Waals surface area contributed by atoms with Gasteiger partial charge in [0.05, 0.1) is 25.7 Å². The second-order valence-corrected chi connectivity index (χ2v) is 12.7. The Morgan fingerprint density at radius 1 is 0.825 bits per heavy atom. The van der Waals surface area contributed by atoms with E-state index in [-0.39, 0.29) is 41.5 Å². The van der Waals surface area contributed by atoms with Crippen molar-refractivity contribution in [1.29, 1.82) is 0 Å². The van der Waals surface area contributed by atoms with Gasteiger partial charge < -0.3 is 23.7 Å². The van der Waals surface area contributed by atoms with Crippen molar-refractivity contribution in [3.05, 3.63) is 83.4 Å². The standard InChI is InChI=1S/C29H37NO8S2/c1-29(2,23-6-10-25(31)11-7-23)24-8-12-26(13-9-24)38-40(34,35)20-18-30(17-19-39(32)33)16-15-22-5-14-27(36-3)28(21-22)37-4/h5-14,21,31,39H,15-20H2,1-4H3. The van der Waals surface area contributed by atoms with Gasteiger partial charge in [0.25, 0.3) is 0 Å². The predicted octanol–water partition coefficient (Wildman–Crippen LogP) is 3.60. The van der Waals surface area contributed by atoms with Gasteiger partial charge in [-0.2, -0.15) is 8.42 Å². The Morgan fingerprint density at radius 3 is 2.00 bits per heavy atom. The van der Waals surface area contributed by atoms with Gasteiger partial charge in [0, 0.05) is 25.0 Å². The zero-order valence-corrected chi connectivity index (χ0v) is 24.9. The number of methoxy groups -OCH3 is 2. The fourth-order valence-electron chi connectivity index (χ4n) is 4.28. The highest BCUT2D eigenvalue weighted by Crippen LogP contribution is 2.33. The van der Waals surface area contributed by atoms with E-state index in [4.69, 9.17) is 13.7 Å². The Labute approximate surface area is 238 Å². The van der Waals surface area contributed by atoms with E-state index in [1.807, 2.05) is 50.2 Å². The molecule has 1 N–H and O–H groups in total. The van der Waals surface area contributed by atoms with Crippen molar-refractivity contribution >= 4 is 20.8 Å². The molecule has 0 aliphatic carbocycles. The summed E-state index contributed by atoms with van der Waals surface area (Å²) in [5.41, 5.74) is 2.53. The van der Waals surface area contributed by atoms with Crippen LogP contribution in [0.25, 0.3) is 0 Å². The molecule has 0 saturated heterocycles. The Bertz CT molecular complexity index is 1430. The highest BCUT2D eigenvalue weighted by atomic mass is 32.2. The molecule has 0 heterocycles. The van der Waals surface area contributed by atoms with Gasteiger partial charge in [-0.3, -0.25) is 0 Å². The smallest absolute Gasteiger partial charge is 0.310 e. The average Bonchev–Trinajstić information content (AvgIpc) is 2.92. The number of hydrogen-bond acceptors (Lipinski definition) is 9. The summed E-state index contributed by atoms with van der Waals surface area (Å²) in [5, 5.41) is 9.58. The average molecular weight is 592 g/mol. The third kappa shape index (κ3) is 8.87. The number of ether oxygens (including phenoxy) is 2. The van der Waals surface area contributed by atoms with Crippen LogP contribution in [0.3, 0.4) is 0 Å². The lowest BCUT2D eigenvalue weighted by Crippen LogP contribution is -2.34. The Morgan fingerprint density at radius 2 is 1.43 bits per heavy atom. The normalized spacial score (nSPS) is 12.1. The zero-order chi connectivity index (χ0) is 29.3. The van der Waals surface area contributed by atoms with E-state index < -0.39 is 20.8 Å². The topological polar surface area (TPSA) is 119 Å². The molecule has 3 rings (SSSR count). The van der Waals surface area contributed by atoms with Crippen molar-refractivity contribution in [1.82, 2.24) is 4.90 Å². The minimum atomic E-state index is -3.93. The maximum atomic E-state index is 12.8. The molecule has 11 heteroatoms. The molecular weight excluding hydrogens is 554 g/mol. The van der Waals surface area contributed by atoms with Crippen LogP contribution in [0.5, 0.6) is 23.0 Å².